The Bertz CT molecular complexity index is 1010. The molecule has 2 atom stereocenters. The molecule has 1 fully saturated rings. The number of amides is 1. The number of carbonyl (C=O) groups is 1. The van der Waals surface area contributed by atoms with Crippen molar-refractivity contribution in [1.29, 1.82) is 0 Å². The predicted molar refractivity (Wildman–Crippen MR) is 110 cm³/mol. The van der Waals surface area contributed by atoms with Gasteiger partial charge in [0.1, 0.15) is 24.0 Å². The molecule has 0 radical (unpaired) electrons. The second-order valence-electron chi connectivity index (χ2n) is 7.15. The number of halogens is 2. The number of H-pyrrole nitrogens is 1. The van der Waals surface area contributed by atoms with Crippen LogP contribution in [-0.2, 0) is 4.79 Å². The van der Waals surface area contributed by atoms with Gasteiger partial charge in [-0.3, -0.25) is 9.89 Å². The SMILES string of the molecule is C[C@@H](Nc1cc(F)cc(Cl)c1)C(=O)N[C@@H]1CCCN(c2ncnc3[nH]ncc23)C1. The molecule has 3 aromatic rings. The number of aromatic amines is 1. The predicted octanol–water partition coefficient (Wildman–Crippen LogP) is 2.73. The van der Waals surface area contributed by atoms with Crippen LogP contribution in [0, 0.1) is 5.82 Å². The first-order valence-corrected chi connectivity index (χ1v) is 9.79. The van der Waals surface area contributed by atoms with E-state index in [1.54, 1.807) is 19.2 Å². The number of nitrogens with one attached hydrogen (secondary N) is 3. The highest BCUT2D eigenvalue weighted by Crippen LogP contribution is 2.24. The van der Waals surface area contributed by atoms with Crippen molar-refractivity contribution < 1.29 is 9.18 Å². The largest absolute Gasteiger partial charge is 0.374 e. The zero-order valence-corrected chi connectivity index (χ0v) is 16.6. The number of carbonyl (C=O) groups excluding carboxylic acids is 1. The molecule has 29 heavy (non-hydrogen) atoms. The van der Waals surface area contributed by atoms with Gasteiger partial charge in [-0.1, -0.05) is 11.6 Å². The summed E-state index contributed by atoms with van der Waals surface area (Å²) >= 11 is 5.87. The van der Waals surface area contributed by atoms with Crippen LogP contribution in [0.25, 0.3) is 11.0 Å². The van der Waals surface area contributed by atoms with Crippen LogP contribution in [0.15, 0.2) is 30.7 Å². The molecule has 1 amide bonds. The van der Waals surface area contributed by atoms with Crippen LogP contribution in [0.1, 0.15) is 19.8 Å². The van der Waals surface area contributed by atoms with Crippen molar-refractivity contribution >= 4 is 40.0 Å². The van der Waals surface area contributed by atoms with Crippen LogP contribution in [0.3, 0.4) is 0 Å². The van der Waals surface area contributed by atoms with E-state index in [-0.39, 0.29) is 17.0 Å². The Kier molecular flexibility index (Phi) is 5.48. The van der Waals surface area contributed by atoms with Gasteiger partial charge in [0.15, 0.2) is 5.65 Å². The summed E-state index contributed by atoms with van der Waals surface area (Å²) in [5, 5.41) is 14.1. The molecule has 3 N–H and O–H groups in total. The number of hydrogen-bond donors (Lipinski definition) is 3. The summed E-state index contributed by atoms with van der Waals surface area (Å²) in [4.78, 5) is 23.4. The molecule has 4 rings (SSSR count). The number of anilines is 2. The standard InChI is InChI=1S/C19H21ClFN7O/c1-11(25-15-6-12(20)5-13(21)7-15)19(29)26-14-3-2-4-28(9-14)18-16-8-24-27-17(16)22-10-23-18/h5-8,10-11,14,25H,2-4,9H2,1H3,(H,26,29)(H,22,23,24,27)/t11-,14-/m1/s1. The highest BCUT2D eigenvalue weighted by molar-refractivity contribution is 6.30. The Morgan fingerprint density at radius 1 is 1.38 bits per heavy atom. The van der Waals surface area contributed by atoms with Crippen LogP contribution in [0.2, 0.25) is 5.02 Å². The Balaban J connectivity index is 1.40. The lowest BCUT2D eigenvalue weighted by molar-refractivity contribution is -0.122. The van der Waals surface area contributed by atoms with Gasteiger partial charge in [-0.2, -0.15) is 5.10 Å². The minimum Gasteiger partial charge on any atom is -0.374 e. The molecule has 2 aromatic heterocycles. The van der Waals surface area contributed by atoms with Gasteiger partial charge in [-0.25, -0.2) is 14.4 Å². The van der Waals surface area contributed by atoms with Gasteiger partial charge < -0.3 is 15.5 Å². The molecule has 0 saturated carbocycles. The van der Waals surface area contributed by atoms with Crippen molar-refractivity contribution in [2.24, 2.45) is 0 Å². The smallest absolute Gasteiger partial charge is 0.242 e. The summed E-state index contributed by atoms with van der Waals surface area (Å²) in [7, 11) is 0. The highest BCUT2D eigenvalue weighted by Gasteiger charge is 2.25. The van der Waals surface area contributed by atoms with E-state index in [2.05, 4.69) is 35.7 Å². The Morgan fingerprint density at radius 3 is 3.07 bits per heavy atom. The van der Waals surface area contributed by atoms with Gasteiger partial charge in [-0.05, 0) is 38.0 Å². The number of nitrogens with zero attached hydrogens (tertiary/aromatic N) is 4. The first-order valence-electron chi connectivity index (χ1n) is 9.41. The van der Waals surface area contributed by atoms with E-state index in [0.717, 1.165) is 30.6 Å². The lowest BCUT2D eigenvalue weighted by atomic mass is 10.0. The number of piperidine rings is 1. The fourth-order valence-corrected chi connectivity index (χ4v) is 3.79. The molecule has 8 nitrogen and oxygen atoms in total. The second-order valence-corrected chi connectivity index (χ2v) is 7.58. The lowest BCUT2D eigenvalue weighted by Gasteiger charge is -2.34. The van der Waals surface area contributed by atoms with E-state index in [4.69, 9.17) is 11.6 Å². The molecule has 10 heteroatoms. The third kappa shape index (κ3) is 4.40. The molecule has 152 valence electrons. The maximum atomic E-state index is 13.5. The lowest BCUT2D eigenvalue weighted by Crippen LogP contribution is -2.51. The second kappa shape index (κ2) is 8.20. The van der Waals surface area contributed by atoms with Crippen molar-refractivity contribution in [1.82, 2.24) is 25.5 Å². The fraction of sp³-hybridized carbons (Fsp3) is 0.368. The molecule has 0 bridgehead atoms. The summed E-state index contributed by atoms with van der Waals surface area (Å²) in [5.41, 5.74) is 1.15. The van der Waals surface area contributed by atoms with Crippen molar-refractivity contribution in [3.8, 4) is 0 Å². The average molecular weight is 418 g/mol. The molecule has 1 saturated heterocycles. The van der Waals surface area contributed by atoms with Gasteiger partial charge in [0.05, 0.1) is 11.6 Å². The number of rotatable bonds is 5. The van der Waals surface area contributed by atoms with Crippen molar-refractivity contribution in [2.75, 3.05) is 23.3 Å². The van der Waals surface area contributed by atoms with Crippen LogP contribution < -0.4 is 15.5 Å². The van der Waals surface area contributed by atoms with E-state index in [0.29, 0.717) is 17.9 Å². The molecular weight excluding hydrogens is 397 g/mol. The summed E-state index contributed by atoms with van der Waals surface area (Å²) in [6, 6.07) is 3.56. The first-order chi connectivity index (χ1) is 14.0. The van der Waals surface area contributed by atoms with Gasteiger partial charge in [0.2, 0.25) is 5.91 Å². The minimum absolute atomic E-state index is 0.0199. The van der Waals surface area contributed by atoms with E-state index in [9.17, 15) is 9.18 Å². The third-order valence-electron chi connectivity index (χ3n) is 4.93. The Morgan fingerprint density at radius 2 is 2.24 bits per heavy atom. The van der Waals surface area contributed by atoms with E-state index in [1.165, 1.54) is 18.5 Å². The zero-order chi connectivity index (χ0) is 20.4. The summed E-state index contributed by atoms with van der Waals surface area (Å²) in [6.45, 7) is 3.22. The summed E-state index contributed by atoms with van der Waals surface area (Å²) in [6.07, 6.45) is 5.02. The molecule has 0 aliphatic carbocycles. The van der Waals surface area contributed by atoms with Gasteiger partial charge in [0.25, 0.3) is 0 Å². The topological polar surface area (TPSA) is 98.8 Å². The average Bonchev–Trinajstić information content (AvgIpc) is 3.16. The van der Waals surface area contributed by atoms with Crippen LogP contribution in [0.5, 0.6) is 0 Å². The quantitative estimate of drug-likeness (QED) is 0.590. The molecular formula is C19H21ClFN7O. The van der Waals surface area contributed by atoms with Crippen LogP contribution in [-0.4, -0.2) is 51.2 Å². The Hall–Kier alpha value is -2.94. The Labute approximate surface area is 171 Å². The zero-order valence-electron chi connectivity index (χ0n) is 15.8. The number of hydrogen-bond acceptors (Lipinski definition) is 6. The van der Waals surface area contributed by atoms with Gasteiger partial charge in [-0.15, -0.1) is 0 Å². The van der Waals surface area contributed by atoms with Crippen molar-refractivity contribution in [3.63, 3.8) is 0 Å². The van der Waals surface area contributed by atoms with Crippen molar-refractivity contribution in [3.05, 3.63) is 41.6 Å². The highest BCUT2D eigenvalue weighted by atomic mass is 35.5. The number of aromatic nitrogens is 4. The van der Waals surface area contributed by atoms with Crippen LogP contribution >= 0.6 is 11.6 Å². The summed E-state index contributed by atoms with van der Waals surface area (Å²) < 4.78 is 13.5. The molecule has 1 aliphatic heterocycles. The summed E-state index contributed by atoms with van der Waals surface area (Å²) in [5.74, 6) is 0.197. The number of benzene rings is 1. The molecule has 1 aliphatic rings. The van der Waals surface area contributed by atoms with Gasteiger partial charge >= 0.3 is 0 Å². The van der Waals surface area contributed by atoms with E-state index >= 15 is 0 Å². The van der Waals surface area contributed by atoms with Gasteiger partial charge in [0, 0.05) is 29.8 Å². The first kappa shape index (κ1) is 19.4. The molecule has 3 heterocycles. The minimum atomic E-state index is -0.539. The normalized spacial score (nSPS) is 17.9. The van der Waals surface area contributed by atoms with E-state index < -0.39 is 11.9 Å². The maximum absolute atomic E-state index is 13.5. The van der Waals surface area contributed by atoms with Crippen molar-refractivity contribution in [2.45, 2.75) is 31.8 Å². The number of fused-ring (bicyclic) bond motifs is 1. The third-order valence-corrected chi connectivity index (χ3v) is 5.15. The fourth-order valence-electron chi connectivity index (χ4n) is 3.57. The molecule has 0 spiro atoms. The monoisotopic (exact) mass is 417 g/mol. The molecule has 0 unspecified atom stereocenters. The van der Waals surface area contributed by atoms with Crippen LogP contribution in [0.4, 0.5) is 15.9 Å². The molecule has 1 aromatic carbocycles. The maximum Gasteiger partial charge on any atom is 0.242 e. The van der Waals surface area contributed by atoms with E-state index in [1.807, 2.05) is 0 Å².